The second-order valence-corrected chi connectivity index (χ2v) is 5.39. The van der Waals surface area contributed by atoms with E-state index in [-0.39, 0.29) is 12.3 Å². The van der Waals surface area contributed by atoms with Crippen LogP contribution >= 0.6 is 0 Å². The van der Waals surface area contributed by atoms with Crippen LogP contribution in [0.2, 0.25) is 0 Å². The Bertz CT molecular complexity index is 302. The number of nitrogens with one attached hydrogen (secondary N) is 1. The molecule has 0 aliphatic heterocycles. The summed E-state index contributed by atoms with van der Waals surface area (Å²) in [6.45, 7) is 3.69. The van der Waals surface area contributed by atoms with Gasteiger partial charge in [0.05, 0.1) is 5.75 Å². The van der Waals surface area contributed by atoms with Gasteiger partial charge in [-0.25, -0.2) is 13.1 Å². The highest BCUT2D eigenvalue weighted by Crippen LogP contribution is 1.94. The van der Waals surface area contributed by atoms with Crippen molar-refractivity contribution in [3.05, 3.63) is 0 Å². The molecule has 0 bridgehead atoms. The summed E-state index contributed by atoms with van der Waals surface area (Å²) < 4.78 is 24.4. The number of carboxylic acid groups (broad SMARTS) is 1. The number of carboxylic acids is 1. The van der Waals surface area contributed by atoms with E-state index in [1.54, 1.807) is 25.8 Å². The van der Waals surface area contributed by atoms with E-state index >= 15 is 0 Å². The van der Waals surface area contributed by atoms with Gasteiger partial charge >= 0.3 is 5.97 Å². The van der Waals surface area contributed by atoms with Crippen LogP contribution in [0.1, 0.15) is 13.8 Å². The summed E-state index contributed by atoms with van der Waals surface area (Å²) >= 11 is 0. The molecule has 0 saturated carbocycles. The van der Waals surface area contributed by atoms with Gasteiger partial charge in [0.25, 0.3) is 0 Å². The number of rotatable bonds is 7. The van der Waals surface area contributed by atoms with Gasteiger partial charge in [-0.05, 0) is 20.9 Å². The Hall–Kier alpha value is -0.660. The van der Waals surface area contributed by atoms with Gasteiger partial charge in [-0.15, -0.1) is 0 Å². The SMILES string of the molecule is CCS(=O)(=O)NCCN(C)C(C)C(=O)O. The van der Waals surface area contributed by atoms with Crippen LogP contribution in [-0.4, -0.2) is 56.3 Å². The summed E-state index contributed by atoms with van der Waals surface area (Å²) in [7, 11) is -1.55. The average Bonchev–Trinajstić information content (AvgIpc) is 2.16. The van der Waals surface area contributed by atoms with Crippen molar-refractivity contribution in [2.45, 2.75) is 19.9 Å². The second kappa shape index (κ2) is 6.04. The molecule has 90 valence electrons. The third-order valence-electron chi connectivity index (χ3n) is 2.19. The van der Waals surface area contributed by atoms with Gasteiger partial charge in [-0.3, -0.25) is 9.69 Å². The molecule has 2 N–H and O–H groups in total. The highest BCUT2D eigenvalue weighted by Gasteiger charge is 2.16. The third-order valence-corrected chi connectivity index (χ3v) is 3.59. The zero-order valence-electron chi connectivity index (χ0n) is 9.23. The average molecular weight is 238 g/mol. The van der Waals surface area contributed by atoms with Crippen molar-refractivity contribution in [1.29, 1.82) is 0 Å². The normalized spacial score (nSPS) is 14.1. The molecule has 0 aromatic rings. The van der Waals surface area contributed by atoms with Crippen LogP contribution in [0.3, 0.4) is 0 Å². The minimum atomic E-state index is -3.19. The molecule has 0 rings (SSSR count). The van der Waals surface area contributed by atoms with E-state index in [2.05, 4.69) is 4.72 Å². The number of aliphatic carboxylic acids is 1. The Labute approximate surface area is 90.3 Å². The molecule has 6 nitrogen and oxygen atoms in total. The van der Waals surface area contributed by atoms with Gasteiger partial charge in [0.2, 0.25) is 10.0 Å². The van der Waals surface area contributed by atoms with Crippen LogP contribution in [0.25, 0.3) is 0 Å². The van der Waals surface area contributed by atoms with E-state index in [0.717, 1.165) is 0 Å². The molecule has 0 fully saturated rings. The van der Waals surface area contributed by atoms with E-state index in [0.29, 0.717) is 6.54 Å². The maximum atomic E-state index is 11.0. The molecule has 0 spiro atoms. The molecule has 1 unspecified atom stereocenters. The number of hydrogen-bond donors (Lipinski definition) is 2. The Kier molecular flexibility index (Phi) is 5.77. The first-order valence-electron chi connectivity index (χ1n) is 4.70. The van der Waals surface area contributed by atoms with Gasteiger partial charge in [0.15, 0.2) is 0 Å². The summed E-state index contributed by atoms with van der Waals surface area (Å²) in [6, 6.07) is -0.615. The molecule has 15 heavy (non-hydrogen) atoms. The lowest BCUT2D eigenvalue weighted by atomic mass is 10.3. The lowest BCUT2D eigenvalue weighted by molar-refractivity contribution is -0.142. The van der Waals surface area contributed by atoms with Crippen LogP contribution < -0.4 is 4.72 Å². The molecule has 0 heterocycles. The Morgan fingerprint density at radius 2 is 2.07 bits per heavy atom. The summed E-state index contributed by atoms with van der Waals surface area (Å²) in [5.41, 5.74) is 0. The number of carbonyl (C=O) groups is 1. The lowest BCUT2D eigenvalue weighted by Crippen LogP contribution is -2.41. The predicted octanol–water partition coefficient (Wildman–Crippen LogP) is -0.669. The first kappa shape index (κ1) is 14.3. The quantitative estimate of drug-likeness (QED) is 0.614. The van der Waals surface area contributed by atoms with Crippen molar-refractivity contribution in [3.8, 4) is 0 Å². The lowest BCUT2D eigenvalue weighted by Gasteiger charge is -2.20. The molecule has 0 aliphatic rings. The van der Waals surface area contributed by atoms with Crippen molar-refractivity contribution in [2.75, 3.05) is 25.9 Å². The molecule has 0 saturated heterocycles. The maximum absolute atomic E-state index is 11.0. The highest BCUT2D eigenvalue weighted by atomic mass is 32.2. The predicted molar refractivity (Wildman–Crippen MR) is 57.2 cm³/mol. The first-order valence-corrected chi connectivity index (χ1v) is 6.35. The number of hydrogen-bond acceptors (Lipinski definition) is 4. The van der Waals surface area contributed by atoms with Gasteiger partial charge in [0, 0.05) is 13.1 Å². The molecule has 0 radical (unpaired) electrons. The smallest absolute Gasteiger partial charge is 0.320 e. The molecule has 1 atom stereocenters. The van der Waals surface area contributed by atoms with Crippen molar-refractivity contribution >= 4 is 16.0 Å². The molecular weight excluding hydrogens is 220 g/mol. The topological polar surface area (TPSA) is 86.7 Å². The van der Waals surface area contributed by atoms with E-state index in [1.165, 1.54) is 0 Å². The molecular formula is C8H18N2O4S. The minimum absolute atomic E-state index is 0.0329. The molecule has 0 aromatic carbocycles. The molecule has 0 aromatic heterocycles. The van der Waals surface area contributed by atoms with E-state index in [1.807, 2.05) is 0 Å². The van der Waals surface area contributed by atoms with E-state index < -0.39 is 22.0 Å². The largest absolute Gasteiger partial charge is 0.480 e. The molecule has 0 amide bonds. The van der Waals surface area contributed by atoms with Crippen LogP contribution in [0.4, 0.5) is 0 Å². The number of sulfonamides is 1. The fourth-order valence-corrected chi connectivity index (χ4v) is 1.47. The van der Waals surface area contributed by atoms with Gasteiger partial charge in [-0.2, -0.15) is 0 Å². The van der Waals surface area contributed by atoms with Gasteiger partial charge in [-0.1, -0.05) is 0 Å². The molecule has 0 aliphatic carbocycles. The monoisotopic (exact) mass is 238 g/mol. The van der Waals surface area contributed by atoms with Crippen LogP contribution in [-0.2, 0) is 14.8 Å². The third kappa shape index (κ3) is 5.71. The van der Waals surface area contributed by atoms with E-state index in [9.17, 15) is 13.2 Å². The Balaban J connectivity index is 3.93. The maximum Gasteiger partial charge on any atom is 0.320 e. The van der Waals surface area contributed by atoms with Crippen LogP contribution in [0.15, 0.2) is 0 Å². The van der Waals surface area contributed by atoms with Crippen molar-refractivity contribution in [1.82, 2.24) is 9.62 Å². The highest BCUT2D eigenvalue weighted by molar-refractivity contribution is 7.89. The first-order chi connectivity index (χ1) is 6.80. The van der Waals surface area contributed by atoms with Gasteiger partial charge in [0.1, 0.15) is 6.04 Å². The van der Waals surface area contributed by atoms with Crippen LogP contribution in [0.5, 0.6) is 0 Å². The zero-order valence-corrected chi connectivity index (χ0v) is 10.0. The Morgan fingerprint density at radius 3 is 2.47 bits per heavy atom. The van der Waals surface area contributed by atoms with Gasteiger partial charge < -0.3 is 5.11 Å². The number of nitrogens with zero attached hydrogens (tertiary/aromatic N) is 1. The Morgan fingerprint density at radius 1 is 1.53 bits per heavy atom. The van der Waals surface area contributed by atoms with Crippen molar-refractivity contribution in [2.24, 2.45) is 0 Å². The van der Waals surface area contributed by atoms with Crippen molar-refractivity contribution in [3.63, 3.8) is 0 Å². The summed E-state index contributed by atoms with van der Waals surface area (Å²) in [6.07, 6.45) is 0. The van der Waals surface area contributed by atoms with E-state index in [4.69, 9.17) is 5.11 Å². The fourth-order valence-electron chi connectivity index (χ4n) is 0.862. The number of likely N-dealkylation sites (N-methyl/N-ethyl adjacent to an activating group) is 1. The standard InChI is InChI=1S/C8H18N2O4S/c1-4-15(13,14)9-5-6-10(3)7(2)8(11)12/h7,9H,4-6H2,1-3H3,(H,11,12). The second-order valence-electron chi connectivity index (χ2n) is 3.29. The summed E-state index contributed by atoms with van der Waals surface area (Å²) in [5.74, 6) is -0.888. The van der Waals surface area contributed by atoms with Crippen molar-refractivity contribution < 1.29 is 18.3 Å². The molecule has 7 heteroatoms. The fraction of sp³-hybridized carbons (Fsp3) is 0.875. The summed E-state index contributed by atoms with van der Waals surface area (Å²) in [4.78, 5) is 12.1. The minimum Gasteiger partial charge on any atom is -0.480 e. The zero-order chi connectivity index (χ0) is 12.1. The summed E-state index contributed by atoms with van der Waals surface area (Å²) in [5, 5.41) is 8.68. The van der Waals surface area contributed by atoms with Crippen LogP contribution in [0, 0.1) is 0 Å².